The lowest BCUT2D eigenvalue weighted by molar-refractivity contribution is 0.0616. The van der Waals surface area contributed by atoms with E-state index in [4.69, 9.17) is 14.2 Å². The number of aromatic carboxylic acids is 1. The van der Waals surface area contributed by atoms with Crippen LogP contribution in [0, 0.1) is 0 Å². The van der Waals surface area contributed by atoms with Gasteiger partial charge in [-0.05, 0) is 42.0 Å². The van der Waals surface area contributed by atoms with Crippen LogP contribution in [0.3, 0.4) is 0 Å². The molecule has 1 N–H and O–H groups in total. The van der Waals surface area contributed by atoms with Gasteiger partial charge in [0.2, 0.25) is 0 Å². The number of carboxylic acid groups (broad SMARTS) is 1. The SMILES string of the molecule is COCCOCc1ccc(OC2CN(c3cccc(C(=O)O)c3-n3cccc3)C2)cc1. The number of hydrogen-bond donors (Lipinski definition) is 1. The molecule has 1 aliphatic rings. The summed E-state index contributed by atoms with van der Waals surface area (Å²) in [6, 6.07) is 17.0. The van der Waals surface area contributed by atoms with Crippen LogP contribution in [0.4, 0.5) is 5.69 Å². The van der Waals surface area contributed by atoms with Crippen molar-refractivity contribution in [1.29, 1.82) is 0 Å². The summed E-state index contributed by atoms with van der Waals surface area (Å²) in [5.74, 6) is -0.125. The zero-order valence-electron chi connectivity index (χ0n) is 17.4. The number of anilines is 1. The minimum absolute atomic E-state index is 0.0507. The average molecular weight is 422 g/mol. The second-order valence-electron chi connectivity index (χ2n) is 7.40. The summed E-state index contributed by atoms with van der Waals surface area (Å²) in [6.07, 6.45) is 3.77. The van der Waals surface area contributed by atoms with E-state index in [0.29, 0.717) is 38.6 Å². The third kappa shape index (κ3) is 4.90. The number of carbonyl (C=O) groups is 1. The number of benzene rings is 2. The molecule has 0 unspecified atom stereocenters. The third-order valence-corrected chi connectivity index (χ3v) is 5.22. The molecule has 31 heavy (non-hydrogen) atoms. The average Bonchev–Trinajstić information content (AvgIpc) is 3.28. The van der Waals surface area contributed by atoms with Gasteiger partial charge in [0.1, 0.15) is 11.9 Å². The summed E-state index contributed by atoms with van der Waals surface area (Å²) < 4.78 is 18.4. The lowest BCUT2D eigenvalue weighted by Crippen LogP contribution is -2.54. The van der Waals surface area contributed by atoms with Gasteiger partial charge in [-0.15, -0.1) is 0 Å². The van der Waals surface area contributed by atoms with Gasteiger partial charge in [-0.2, -0.15) is 0 Å². The fourth-order valence-electron chi connectivity index (χ4n) is 3.61. The van der Waals surface area contributed by atoms with Crippen molar-refractivity contribution in [3.8, 4) is 11.4 Å². The van der Waals surface area contributed by atoms with Gasteiger partial charge in [0.05, 0.1) is 49.8 Å². The van der Waals surface area contributed by atoms with Gasteiger partial charge >= 0.3 is 5.97 Å². The van der Waals surface area contributed by atoms with E-state index in [-0.39, 0.29) is 11.7 Å². The van der Waals surface area contributed by atoms with Gasteiger partial charge in [-0.25, -0.2) is 4.79 Å². The molecule has 0 saturated carbocycles. The van der Waals surface area contributed by atoms with Crippen molar-refractivity contribution in [2.45, 2.75) is 12.7 Å². The van der Waals surface area contributed by atoms with Crippen molar-refractivity contribution in [2.24, 2.45) is 0 Å². The Hall–Kier alpha value is -3.29. The van der Waals surface area contributed by atoms with Gasteiger partial charge in [0.25, 0.3) is 0 Å². The first kappa shape index (κ1) is 21.0. The topological polar surface area (TPSA) is 73.2 Å². The lowest BCUT2D eigenvalue weighted by atomic mass is 10.1. The highest BCUT2D eigenvalue weighted by Crippen LogP contribution is 2.32. The van der Waals surface area contributed by atoms with Crippen LogP contribution < -0.4 is 9.64 Å². The molecule has 1 aromatic heterocycles. The van der Waals surface area contributed by atoms with Crippen molar-refractivity contribution in [1.82, 2.24) is 4.57 Å². The monoisotopic (exact) mass is 422 g/mol. The van der Waals surface area contributed by atoms with E-state index in [2.05, 4.69) is 4.90 Å². The van der Waals surface area contributed by atoms with Crippen LogP contribution >= 0.6 is 0 Å². The molecule has 7 heteroatoms. The lowest BCUT2D eigenvalue weighted by Gasteiger charge is -2.41. The van der Waals surface area contributed by atoms with Crippen molar-refractivity contribution in [3.05, 3.63) is 78.1 Å². The van der Waals surface area contributed by atoms with Crippen LogP contribution in [0.25, 0.3) is 5.69 Å². The first-order valence-corrected chi connectivity index (χ1v) is 10.2. The van der Waals surface area contributed by atoms with E-state index in [1.54, 1.807) is 19.2 Å². The zero-order valence-corrected chi connectivity index (χ0v) is 17.4. The third-order valence-electron chi connectivity index (χ3n) is 5.22. The summed E-state index contributed by atoms with van der Waals surface area (Å²) >= 11 is 0. The molecule has 0 bridgehead atoms. The number of ether oxygens (including phenoxy) is 3. The van der Waals surface area contributed by atoms with E-state index >= 15 is 0 Å². The Morgan fingerprint density at radius 1 is 1.03 bits per heavy atom. The van der Waals surface area contributed by atoms with Gasteiger partial charge in [-0.1, -0.05) is 18.2 Å². The molecule has 0 amide bonds. The van der Waals surface area contributed by atoms with Gasteiger partial charge in [0.15, 0.2) is 0 Å². The maximum Gasteiger partial charge on any atom is 0.337 e. The molecule has 3 aromatic rings. The summed E-state index contributed by atoms with van der Waals surface area (Å²) in [7, 11) is 1.65. The van der Waals surface area contributed by atoms with E-state index in [1.807, 2.05) is 59.4 Å². The van der Waals surface area contributed by atoms with E-state index in [9.17, 15) is 9.90 Å². The summed E-state index contributed by atoms with van der Waals surface area (Å²) in [5.41, 5.74) is 2.93. The predicted molar refractivity (Wildman–Crippen MR) is 117 cm³/mol. The molecule has 162 valence electrons. The molecule has 0 atom stereocenters. The van der Waals surface area contributed by atoms with Gasteiger partial charge in [0, 0.05) is 19.5 Å². The first-order chi connectivity index (χ1) is 15.2. The summed E-state index contributed by atoms with van der Waals surface area (Å²) in [6.45, 7) is 3.09. The number of nitrogens with zero attached hydrogens (tertiary/aromatic N) is 2. The fraction of sp³-hybridized carbons (Fsp3) is 0.292. The Balaban J connectivity index is 1.38. The number of rotatable bonds is 10. The minimum atomic E-state index is -0.940. The molecular weight excluding hydrogens is 396 g/mol. The maximum atomic E-state index is 11.8. The maximum absolute atomic E-state index is 11.8. The highest BCUT2D eigenvalue weighted by Gasteiger charge is 2.31. The fourth-order valence-corrected chi connectivity index (χ4v) is 3.61. The van der Waals surface area contributed by atoms with E-state index < -0.39 is 5.97 Å². The molecular formula is C24H26N2O5. The van der Waals surface area contributed by atoms with Crippen molar-refractivity contribution in [3.63, 3.8) is 0 Å². The molecule has 1 aliphatic heterocycles. The smallest absolute Gasteiger partial charge is 0.337 e. The number of para-hydroxylation sites is 1. The van der Waals surface area contributed by atoms with E-state index in [1.165, 1.54) is 0 Å². The van der Waals surface area contributed by atoms with Crippen molar-refractivity contribution in [2.75, 3.05) is 38.3 Å². The molecule has 2 heterocycles. The number of methoxy groups -OCH3 is 1. The number of hydrogen-bond acceptors (Lipinski definition) is 5. The van der Waals surface area contributed by atoms with Crippen LogP contribution in [0.1, 0.15) is 15.9 Å². The molecule has 0 aliphatic carbocycles. The largest absolute Gasteiger partial charge is 0.487 e. The van der Waals surface area contributed by atoms with E-state index in [0.717, 1.165) is 17.0 Å². The molecule has 2 aromatic carbocycles. The quantitative estimate of drug-likeness (QED) is 0.503. The Bertz CT molecular complexity index is 995. The zero-order chi connectivity index (χ0) is 21.6. The molecule has 0 radical (unpaired) electrons. The predicted octanol–water partition coefficient (Wildman–Crippen LogP) is 3.61. The molecule has 4 rings (SSSR count). The summed E-state index contributed by atoms with van der Waals surface area (Å²) in [4.78, 5) is 13.9. The van der Waals surface area contributed by atoms with Crippen LogP contribution in [0.15, 0.2) is 67.0 Å². The van der Waals surface area contributed by atoms with Crippen LogP contribution in [0.5, 0.6) is 5.75 Å². The second kappa shape index (κ2) is 9.68. The molecule has 7 nitrogen and oxygen atoms in total. The van der Waals surface area contributed by atoms with Crippen LogP contribution in [0.2, 0.25) is 0 Å². The normalized spacial score (nSPS) is 13.8. The minimum Gasteiger partial charge on any atom is -0.487 e. The van der Waals surface area contributed by atoms with Crippen LogP contribution in [-0.2, 0) is 16.1 Å². The highest BCUT2D eigenvalue weighted by atomic mass is 16.5. The number of aromatic nitrogens is 1. The van der Waals surface area contributed by atoms with Gasteiger partial charge in [-0.3, -0.25) is 0 Å². The van der Waals surface area contributed by atoms with Gasteiger partial charge < -0.3 is 28.8 Å². The first-order valence-electron chi connectivity index (χ1n) is 10.2. The highest BCUT2D eigenvalue weighted by molar-refractivity contribution is 5.95. The number of carboxylic acids is 1. The Kier molecular flexibility index (Phi) is 6.54. The Morgan fingerprint density at radius 3 is 2.45 bits per heavy atom. The second-order valence-corrected chi connectivity index (χ2v) is 7.40. The van der Waals surface area contributed by atoms with Crippen molar-refractivity contribution < 1.29 is 24.1 Å². The van der Waals surface area contributed by atoms with Crippen molar-refractivity contribution >= 4 is 11.7 Å². The summed E-state index contributed by atoms with van der Waals surface area (Å²) in [5, 5.41) is 9.64. The Morgan fingerprint density at radius 2 is 1.77 bits per heavy atom. The Labute approximate surface area is 181 Å². The van der Waals surface area contributed by atoms with Crippen LogP contribution in [-0.4, -0.2) is 55.2 Å². The molecule has 0 spiro atoms. The standard InChI is InChI=1S/C24H26N2O5/c1-29-13-14-30-17-18-7-9-19(10-8-18)31-20-15-26(16-20)22-6-4-5-21(24(27)28)23(22)25-11-2-3-12-25/h2-12,20H,13-17H2,1H3,(H,27,28). The molecule has 1 saturated heterocycles. The molecule has 1 fully saturated rings.